The summed E-state index contributed by atoms with van der Waals surface area (Å²) in [5.41, 5.74) is 13.8. The van der Waals surface area contributed by atoms with E-state index in [1.807, 2.05) is 36.7 Å². The Kier molecular flexibility index (Phi) is 7.07. The number of hydrogen-bond acceptors (Lipinski definition) is 5. The smallest absolute Gasteiger partial charge is 0.0972 e. The van der Waals surface area contributed by atoms with Crippen molar-refractivity contribution in [2.24, 2.45) is 0 Å². The van der Waals surface area contributed by atoms with Gasteiger partial charge in [0.1, 0.15) is 0 Å². The molecule has 242 valence electrons. The van der Waals surface area contributed by atoms with Crippen LogP contribution in [-0.4, -0.2) is 24.9 Å². The topological polar surface area (TPSA) is 64.5 Å². The summed E-state index contributed by atoms with van der Waals surface area (Å²) in [7, 11) is 0. The molecule has 10 rings (SSSR count). The van der Waals surface area contributed by atoms with E-state index in [9.17, 15) is 0 Å². The molecule has 0 bridgehead atoms. The van der Waals surface area contributed by atoms with Crippen molar-refractivity contribution in [3.05, 3.63) is 176 Å². The number of aromatic nitrogens is 5. The first-order chi connectivity index (χ1) is 25.7. The molecule has 5 aromatic heterocycles. The van der Waals surface area contributed by atoms with E-state index in [-0.39, 0.29) is 0 Å². The average molecular weight is 664 g/mol. The van der Waals surface area contributed by atoms with Crippen LogP contribution in [-0.2, 0) is 0 Å². The Morgan fingerprint density at radius 2 is 0.769 bits per heavy atom. The van der Waals surface area contributed by atoms with Gasteiger partial charge in [-0.05, 0) is 71.8 Å². The highest BCUT2D eigenvalue weighted by molar-refractivity contribution is 6.03. The normalized spacial score (nSPS) is 11.5. The van der Waals surface area contributed by atoms with Crippen LogP contribution in [0.2, 0.25) is 0 Å². The fourth-order valence-electron chi connectivity index (χ4n) is 7.01. The molecule has 0 fully saturated rings. The van der Waals surface area contributed by atoms with Crippen LogP contribution in [0.25, 0.3) is 99.8 Å². The predicted octanol–water partition coefficient (Wildman–Crippen LogP) is 11.6. The molecule has 5 heterocycles. The maximum atomic E-state index is 5.16. The lowest BCUT2D eigenvalue weighted by molar-refractivity contribution is 1.32. The Labute approximate surface area is 300 Å². The van der Waals surface area contributed by atoms with Gasteiger partial charge in [0.2, 0.25) is 0 Å². The number of pyridine rings is 5. The standard InChI is InChI=1S/C47H29N5/c1-2-24-48-40(11-1)36-6-3-7-37(26-36)41-21-18-30-12-16-34(28-44(30)50-41)35-17-13-31-19-22-42(51-45(31)29-35)38-8-4-9-39(27-38)43-23-20-33-15-14-32-10-5-25-49-46(32)47(33)52-43/h1-29H. The van der Waals surface area contributed by atoms with Crippen LogP contribution in [0.4, 0.5) is 0 Å². The Morgan fingerprint density at radius 3 is 1.37 bits per heavy atom. The molecule has 0 spiro atoms. The summed E-state index contributed by atoms with van der Waals surface area (Å²) < 4.78 is 0. The average Bonchev–Trinajstić information content (AvgIpc) is 3.23. The van der Waals surface area contributed by atoms with Crippen molar-refractivity contribution in [3.63, 3.8) is 0 Å². The summed E-state index contributed by atoms with van der Waals surface area (Å²) in [6.45, 7) is 0. The van der Waals surface area contributed by atoms with Gasteiger partial charge in [0.05, 0.1) is 44.8 Å². The summed E-state index contributed by atoms with van der Waals surface area (Å²) in [6.07, 6.45) is 3.65. The van der Waals surface area contributed by atoms with Crippen molar-refractivity contribution in [3.8, 4) is 56.2 Å². The largest absolute Gasteiger partial charge is 0.256 e. The van der Waals surface area contributed by atoms with Gasteiger partial charge in [0.25, 0.3) is 0 Å². The van der Waals surface area contributed by atoms with Gasteiger partial charge in [0, 0.05) is 56.2 Å². The highest BCUT2D eigenvalue weighted by Gasteiger charge is 2.11. The molecule has 5 heteroatoms. The molecule has 0 aliphatic carbocycles. The number of nitrogens with zero attached hydrogens (tertiary/aromatic N) is 5. The molecule has 0 unspecified atom stereocenters. The molecule has 5 nitrogen and oxygen atoms in total. The van der Waals surface area contributed by atoms with Gasteiger partial charge < -0.3 is 0 Å². The Hall–Kier alpha value is -7.11. The summed E-state index contributed by atoms with van der Waals surface area (Å²) in [5, 5.41) is 4.35. The second-order valence-electron chi connectivity index (χ2n) is 13.0. The van der Waals surface area contributed by atoms with Crippen molar-refractivity contribution in [1.82, 2.24) is 24.9 Å². The first kappa shape index (κ1) is 29.8. The first-order valence-corrected chi connectivity index (χ1v) is 17.3. The Bertz CT molecular complexity index is 2970. The lowest BCUT2D eigenvalue weighted by Crippen LogP contribution is -1.90. The second-order valence-corrected chi connectivity index (χ2v) is 13.0. The zero-order valence-electron chi connectivity index (χ0n) is 28.0. The van der Waals surface area contributed by atoms with Crippen LogP contribution in [0.1, 0.15) is 0 Å². The fraction of sp³-hybridized carbons (Fsp3) is 0. The minimum atomic E-state index is 0.907. The molecule has 0 atom stereocenters. The van der Waals surface area contributed by atoms with E-state index in [4.69, 9.17) is 15.0 Å². The Morgan fingerprint density at radius 1 is 0.269 bits per heavy atom. The van der Waals surface area contributed by atoms with Crippen molar-refractivity contribution in [2.45, 2.75) is 0 Å². The molecule has 0 radical (unpaired) electrons. The van der Waals surface area contributed by atoms with Gasteiger partial charge in [-0.15, -0.1) is 0 Å². The van der Waals surface area contributed by atoms with E-state index < -0.39 is 0 Å². The second kappa shape index (κ2) is 12.3. The van der Waals surface area contributed by atoms with Crippen molar-refractivity contribution < 1.29 is 0 Å². The summed E-state index contributed by atoms with van der Waals surface area (Å²) >= 11 is 0. The molecule has 10 aromatic rings. The molecule has 0 N–H and O–H groups in total. The first-order valence-electron chi connectivity index (χ1n) is 17.3. The number of fused-ring (bicyclic) bond motifs is 5. The zero-order valence-corrected chi connectivity index (χ0v) is 28.0. The SMILES string of the molecule is c1ccc(-c2cccc(-c3ccc4ccc(-c5ccc6ccc(-c7cccc(-c8ccc9ccc%10cccnc%10c9n8)c7)nc6c5)cc4n3)c2)nc1. The van der Waals surface area contributed by atoms with Gasteiger partial charge >= 0.3 is 0 Å². The molecule has 0 aliphatic heterocycles. The van der Waals surface area contributed by atoms with Gasteiger partial charge in [-0.1, -0.05) is 103 Å². The minimum absolute atomic E-state index is 0.907. The monoisotopic (exact) mass is 663 g/mol. The van der Waals surface area contributed by atoms with Crippen LogP contribution < -0.4 is 0 Å². The quantitative estimate of drug-likeness (QED) is 0.171. The Balaban J connectivity index is 0.983. The van der Waals surface area contributed by atoms with E-state index in [2.05, 4.69) is 149 Å². The molecule has 5 aromatic carbocycles. The molecular formula is C47H29N5. The van der Waals surface area contributed by atoms with Gasteiger partial charge in [-0.2, -0.15) is 0 Å². The third kappa shape index (κ3) is 5.42. The fourth-order valence-corrected chi connectivity index (χ4v) is 7.01. The van der Waals surface area contributed by atoms with E-state index in [0.29, 0.717) is 0 Å². The molecule has 0 saturated carbocycles. The van der Waals surface area contributed by atoms with Crippen LogP contribution in [0.15, 0.2) is 176 Å². The van der Waals surface area contributed by atoms with Crippen LogP contribution in [0.5, 0.6) is 0 Å². The molecular weight excluding hydrogens is 635 g/mol. The predicted molar refractivity (Wildman–Crippen MR) is 213 cm³/mol. The maximum absolute atomic E-state index is 5.16. The summed E-state index contributed by atoms with van der Waals surface area (Å²) in [5.74, 6) is 0. The third-order valence-electron chi connectivity index (χ3n) is 9.72. The maximum Gasteiger partial charge on any atom is 0.0972 e. The van der Waals surface area contributed by atoms with Gasteiger partial charge in [-0.25, -0.2) is 15.0 Å². The van der Waals surface area contributed by atoms with E-state index in [0.717, 1.165) is 99.8 Å². The van der Waals surface area contributed by atoms with Gasteiger partial charge in [0.15, 0.2) is 0 Å². The van der Waals surface area contributed by atoms with Crippen LogP contribution in [0.3, 0.4) is 0 Å². The summed E-state index contributed by atoms with van der Waals surface area (Å²) in [6, 6.07) is 56.7. The summed E-state index contributed by atoms with van der Waals surface area (Å²) in [4.78, 5) is 24.5. The molecule has 52 heavy (non-hydrogen) atoms. The van der Waals surface area contributed by atoms with Crippen LogP contribution >= 0.6 is 0 Å². The van der Waals surface area contributed by atoms with Gasteiger partial charge in [-0.3, -0.25) is 9.97 Å². The lowest BCUT2D eigenvalue weighted by atomic mass is 10.00. The third-order valence-corrected chi connectivity index (χ3v) is 9.72. The van der Waals surface area contributed by atoms with Crippen molar-refractivity contribution >= 4 is 43.6 Å². The molecule has 0 saturated heterocycles. The highest BCUT2D eigenvalue weighted by atomic mass is 14.8. The zero-order chi connectivity index (χ0) is 34.4. The number of hydrogen-bond donors (Lipinski definition) is 0. The lowest BCUT2D eigenvalue weighted by Gasteiger charge is -2.10. The minimum Gasteiger partial charge on any atom is -0.256 e. The highest BCUT2D eigenvalue weighted by Crippen LogP contribution is 2.32. The number of rotatable bonds is 5. The van der Waals surface area contributed by atoms with Crippen molar-refractivity contribution in [2.75, 3.05) is 0 Å². The van der Waals surface area contributed by atoms with E-state index in [1.54, 1.807) is 0 Å². The van der Waals surface area contributed by atoms with E-state index >= 15 is 0 Å². The van der Waals surface area contributed by atoms with Crippen LogP contribution in [0, 0.1) is 0 Å². The number of benzene rings is 5. The molecule has 0 amide bonds. The van der Waals surface area contributed by atoms with Crippen molar-refractivity contribution in [1.29, 1.82) is 0 Å². The molecule has 0 aliphatic rings. The van der Waals surface area contributed by atoms with E-state index in [1.165, 1.54) is 0 Å².